The zero-order valence-corrected chi connectivity index (χ0v) is 26.9. The summed E-state index contributed by atoms with van der Waals surface area (Å²) in [6.07, 6.45) is 6.24. The molecule has 0 bridgehead atoms. The third-order valence-electron chi connectivity index (χ3n) is 7.75. The predicted molar refractivity (Wildman–Crippen MR) is 167 cm³/mol. The van der Waals surface area contributed by atoms with Gasteiger partial charge in [0.25, 0.3) is 0 Å². The summed E-state index contributed by atoms with van der Waals surface area (Å²) in [5.74, 6) is -2.57. The van der Waals surface area contributed by atoms with E-state index in [4.69, 9.17) is 0 Å². The van der Waals surface area contributed by atoms with E-state index < -0.39 is 23.3 Å². The Morgan fingerprint density at radius 2 is 0.956 bits per heavy atom. The Bertz CT molecular complexity index is 1610. The summed E-state index contributed by atoms with van der Waals surface area (Å²) in [4.78, 5) is 0. The fraction of sp³-hybridized carbons (Fsp3) is 0.211. The van der Waals surface area contributed by atoms with Crippen LogP contribution in [0, 0.1) is 49.2 Å². The van der Waals surface area contributed by atoms with Gasteiger partial charge >= 0.3 is 21.7 Å². The van der Waals surface area contributed by atoms with Crippen molar-refractivity contribution in [1.29, 1.82) is 0 Å². The number of benzene rings is 2. The quantitative estimate of drug-likeness (QED) is 0.101. The van der Waals surface area contributed by atoms with Gasteiger partial charge in [0, 0.05) is 46.0 Å². The van der Waals surface area contributed by atoms with E-state index in [-0.39, 0.29) is 21.7 Å². The van der Waals surface area contributed by atoms with Gasteiger partial charge in [-0.15, -0.1) is 36.4 Å². The molecule has 0 amide bonds. The molecule has 2 nitrogen and oxygen atoms in total. The smallest absolute Gasteiger partial charge is 0.369 e. The van der Waals surface area contributed by atoms with Gasteiger partial charge in [-0.2, -0.15) is 36.4 Å². The third kappa shape index (κ3) is 8.25. The van der Waals surface area contributed by atoms with Gasteiger partial charge in [0.15, 0.2) is 0 Å². The van der Waals surface area contributed by atoms with Crippen LogP contribution in [-0.4, -0.2) is 9.13 Å². The molecule has 6 aromatic rings. The maximum atomic E-state index is 13.7. The van der Waals surface area contributed by atoms with E-state index in [1.54, 1.807) is 0 Å². The van der Waals surface area contributed by atoms with Crippen molar-refractivity contribution in [3.8, 4) is 11.4 Å². The van der Waals surface area contributed by atoms with E-state index >= 15 is 0 Å². The van der Waals surface area contributed by atoms with Crippen LogP contribution in [0.3, 0.4) is 0 Å². The Kier molecular flexibility index (Phi) is 12.0. The van der Waals surface area contributed by atoms with Gasteiger partial charge in [-0.3, -0.25) is 0 Å². The van der Waals surface area contributed by atoms with Gasteiger partial charge in [-0.05, 0) is 87.0 Å². The Labute approximate surface area is 277 Å². The Morgan fingerprint density at radius 1 is 0.578 bits per heavy atom. The summed E-state index contributed by atoms with van der Waals surface area (Å²) in [6, 6.07) is 33.8. The van der Waals surface area contributed by atoms with Gasteiger partial charge < -0.3 is 9.13 Å². The van der Waals surface area contributed by atoms with Gasteiger partial charge in [-0.25, -0.2) is 41.8 Å². The number of halogens is 4. The van der Waals surface area contributed by atoms with Crippen molar-refractivity contribution in [2.75, 3.05) is 0 Å². The van der Waals surface area contributed by atoms with Gasteiger partial charge in [0.2, 0.25) is 0 Å². The van der Waals surface area contributed by atoms with Crippen molar-refractivity contribution in [2.45, 2.75) is 52.4 Å². The summed E-state index contributed by atoms with van der Waals surface area (Å²) in [5.41, 5.74) is 7.65. The van der Waals surface area contributed by atoms with Crippen LogP contribution in [0.15, 0.2) is 97.1 Å². The first kappa shape index (κ1) is 34.0. The van der Waals surface area contributed by atoms with E-state index in [1.807, 2.05) is 83.6 Å². The normalized spacial score (nSPS) is 12.4. The Morgan fingerprint density at radius 3 is 1.27 bits per heavy atom. The topological polar surface area (TPSA) is 9.86 Å². The number of nitrogens with zero attached hydrogens (tertiary/aromatic N) is 2. The summed E-state index contributed by atoms with van der Waals surface area (Å²) >= 11 is 0. The summed E-state index contributed by atoms with van der Waals surface area (Å²) in [7, 11) is 0. The molecule has 0 saturated heterocycles. The van der Waals surface area contributed by atoms with Crippen LogP contribution in [0.25, 0.3) is 11.4 Å². The molecule has 0 N–H and O–H groups in total. The van der Waals surface area contributed by atoms with Crippen molar-refractivity contribution in [3.05, 3.63) is 166 Å². The number of rotatable bonds is 2. The van der Waals surface area contributed by atoms with E-state index in [1.165, 1.54) is 35.4 Å². The average molecular weight is 643 g/mol. The number of hydrogen-bond donors (Lipinski definition) is 0. The van der Waals surface area contributed by atoms with E-state index in [0.29, 0.717) is 11.4 Å². The predicted octanol–water partition coefficient (Wildman–Crippen LogP) is 9.51. The van der Waals surface area contributed by atoms with Crippen LogP contribution in [0.1, 0.15) is 46.7 Å². The number of aryl methyl sites for hydroxylation is 4. The molecule has 0 aliphatic heterocycles. The average Bonchev–Trinajstić information content (AvgIpc) is 3.83. The van der Waals surface area contributed by atoms with Crippen LogP contribution in [-0.2, 0) is 47.4 Å². The number of aromatic nitrogens is 2. The molecular formula is C38H34F4N2Ti. The standard InChI is InChI=1S/2C14H12F2N.2C5H5.Ti/c2*1-9-7-10-3-2-4-13(10)17(9)14-6-5-11(15)8-12(14)16;2*1-2-4-5-3-1;/h2*5-7H,2-4H2,1H3;2*1-5H;/q4*-1;+4. The molecule has 45 heavy (non-hydrogen) atoms. The molecule has 0 unspecified atom stereocenters. The van der Waals surface area contributed by atoms with Crippen molar-refractivity contribution < 1.29 is 39.3 Å². The number of fused-ring (bicyclic) bond motifs is 2. The minimum absolute atomic E-state index is 0. The molecule has 0 atom stereocenters. The van der Waals surface area contributed by atoms with Crippen LogP contribution in [0.2, 0.25) is 0 Å². The maximum absolute atomic E-state index is 13.7. The molecule has 2 aliphatic carbocycles. The third-order valence-corrected chi connectivity index (χ3v) is 7.75. The second-order valence-electron chi connectivity index (χ2n) is 10.8. The van der Waals surface area contributed by atoms with Crippen LogP contribution in [0.5, 0.6) is 0 Å². The number of hydrogen-bond acceptors (Lipinski definition) is 0. The van der Waals surface area contributed by atoms with Gasteiger partial charge in [-0.1, -0.05) is 0 Å². The van der Waals surface area contributed by atoms with E-state index in [9.17, 15) is 17.6 Å². The zero-order valence-electron chi connectivity index (χ0n) is 25.4. The maximum Gasteiger partial charge on any atom is 4.00 e. The fourth-order valence-corrected chi connectivity index (χ4v) is 5.91. The Balaban J connectivity index is 0.000000154. The molecule has 0 radical (unpaired) electrons. The second-order valence-corrected chi connectivity index (χ2v) is 10.8. The zero-order chi connectivity index (χ0) is 31.1. The Hall–Kier alpha value is -3.87. The van der Waals surface area contributed by atoms with Crippen molar-refractivity contribution in [3.63, 3.8) is 0 Å². The summed E-state index contributed by atoms with van der Waals surface area (Å²) in [6.45, 7) is 3.89. The van der Waals surface area contributed by atoms with E-state index in [2.05, 4.69) is 24.3 Å². The van der Waals surface area contributed by atoms with Crippen LogP contribution in [0.4, 0.5) is 17.6 Å². The molecular weight excluding hydrogens is 608 g/mol. The molecule has 0 saturated carbocycles. The van der Waals surface area contributed by atoms with Gasteiger partial charge in [0.1, 0.15) is 0 Å². The molecule has 8 rings (SSSR count). The van der Waals surface area contributed by atoms with Gasteiger partial charge in [0.05, 0.1) is 0 Å². The van der Waals surface area contributed by atoms with Crippen LogP contribution < -0.4 is 0 Å². The molecule has 4 aromatic carbocycles. The minimum Gasteiger partial charge on any atom is -0.369 e. The molecule has 2 aromatic heterocycles. The molecule has 228 valence electrons. The monoisotopic (exact) mass is 642 g/mol. The molecule has 2 aliphatic rings. The summed E-state index contributed by atoms with van der Waals surface area (Å²) < 4.78 is 57.0. The molecule has 7 heteroatoms. The van der Waals surface area contributed by atoms with Crippen molar-refractivity contribution in [2.24, 2.45) is 0 Å². The first-order valence-corrected chi connectivity index (χ1v) is 14.8. The largest absolute Gasteiger partial charge is 4.00 e. The first-order chi connectivity index (χ1) is 21.3. The minimum atomic E-state index is -0.660. The van der Waals surface area contributed by atoms with Crippen molar-refractivity contribution in [1.82, 2.24) is 9.13 Å². The molecule has 0 fully saturated rings. The van der Waals surface area contributed by atoms with Crippen molar-refractivity contribution >= 4 is 0 Å². The van der Waals surface area contributed by atoms with Crippen LogP contribution >= 0.6 is 0 Å². The summed E-state index contributed by atoms with van der Waals surface area (Å²) in [5, 5.41) is 0. The van der Waals surface area contributed by atoms with E-state index in [0.717, 1.165) is 61.3 Å². The molecule has 0 spiro atoms. The fourth-order valence-electron chi connectivity index (χ4n) is 5.91. The SMILES string of the molecule is Cc1cc2c(n1-c1ccc(F)[c-]c1F)CCC2.Cc1cc2c(n1-c1ccc(F)[c-]c1F)CCC2.[Ti+4].c1cc[cH-]c1.c1cc[cH-]c1. The second kappa shape index (κ2) is 15.9. The molecule has 2 heterocycles. The first-order valence-electron chi connectivity index (χ1n) is 14.8.